The van der Waals surface area contributed by atoms with Crippen molar-refractivity contribution in [3.63, 3.8) is 0 Å². The summed E-state index contributed by atoms with van der Waals surface area (Å²) in [5.74, 6) is 1.30. The molecule has 4 rings (SSSR count). The fourth-order valence-electron chi connectivity index (χ4n) is 2.57. The molecule has 0 fully saturated rings. The third-order valence-electron chi connectivity index (χ3n) is 3.74. The maximum Gasteiger partial charge on any atom is 0.168 e. The van der Waals surface area contributed by atoms with Crippen LogP contribution >= 0.6 is 23.2 Å². The summed E-state index contributed by atoms with van der Waals surface area (Å²) in [7, 11) is 0. The van der Waals surface area contributed by atoms with Crippen molar-refractivity contribution >= 4 is 45.7 Å². The Hall–Kier alpha value is -2.63. The second kappa shape index (κ2) is 6.35. The average molecular weight is 370 g/mol. The van der Waals surface area contributed by atoms with Gasteiger partial charge in [0.15, 0.2) is 5.65 Å². The predicted molar refractivity (Wildman–Crippen MR) is 101 cm³/mol. The van der Waals surface area contributed by atoms with E-state index >= 15 is 0 Å². The molecule has 5 nitrogen and oxygen atoms in total. The molecular formula is C18H13Cl2N5. The summed E-state index contributed by atoms with van der Waals surface area (Å²) < 4.78 is 1.76. The molecule has 2 aromatic carbocycles. The third kappa shape index (κ3) is 3.04. The first kappa shape index (κ1) is 15.9. The number of rotatable bonds is 3. The minimum Gasteiger partial charge on any atom is -0.338 e. The van der Waals surface area contributed by atoms with E-state index in [2.05, 4.69) is 20.4 Å². The van der Waals surface area contributed by atoms with Gasteiger partial charge in [0.25, 0.3) is 0 Å². The molecule has 2 aromatic heterocycles. The number of para-hydroxylation sites is 1. The lowest BCUT2D eigenvalue weighted by Gasteiger charge is -2.09. The average Bonchev–Trinajstić information content (AvgIpc) is 3.01. The molecule has 0 saturated carbocycles. The zero-order valence-corrected chi connectivity index (χ0v) is 14.8. The topological polar surface area (TPSA) is 55.6 Å². The predicted octanol–water partition coefficient (Wildman–Crippen LogP) is 5.17. The Morgan fingerprint density at radius 2 is 1.72 bits per heavy atom. The molecule has 0 radical (unpaired) electrons. The Morgan fingerprint density at radius 3 is 2.48 bits per heavy atom. The summed E-state index contributed by atoms with van der Waals surface area (Å²) in [6, 6.07) is 15.0. The third-order valence-corrected chi connectivity index (χ3v) is 4.32. The molecule has 0 aliphatic rings. The lowest BCUT2D eigenvalue weighted by Crippen LogP contribution is -2.02. The van der Waals surface area contributed by atoms with Crippen molar-refractivity contribution in [2.45, 2.75) is 6.92 Å². The van der Waals surface area contributed by atoms with E-state index in [0.29, 0.717) is 27.3 Å². The van der Waals surface area contributed by atoms with Crippen LogP contribution in [0, 0.1) is 6.92 Å². The van der Waals surface area contributed by atoms with Gasteiger partial charge in [0.1, 0.15) is 11.6 Å². The van der Waals surface area contributed by atoms with Crippen LogP contribution < -0.4 is 5.32 Å². The van der Waals surface area contributed by atoms with E-state index in [-0.39, 0.29) is 0 Å². The largest absolute Gasteiger partial charge is 0.338 e. The van der Waals surface area contributed by atoms with Crippen LogP contribution in [0.1, 0.15) is 5.82 Å². The van der Waals surface area contributed by atoms with Crippen LogP contribution in [0.3, 0.4) is 0 Å². The lowest BCUT2D eigenvalue weighted by atomic mass is 10.3. The van der Waals surface area contributed by atoms with Crippen LogP contribution in [0.25, 0.3) is 16.7 Å². The number of aryl methyl sites for hydroxylation is 1. The van der Waals surface area contributed by atoms with Crippen molar-refractivity contribution in [3.8, 4) is 5.69 Å². The maximum atomic E-state index is 6.24. The second-order valence-electron chi connectivity index (χ2n) is 5.49. The van der Waals surface area contributed by atoms with Gasteiger partial charge in [-0.25, -0.2) is 14.6 Å². The Morgan fingerprint density at radius 1 is 0.960 bits per heavy atom. The standard InChI is InChI=1S/C18H13Cl2N5/c1-11-22-17(24-16-5-3-2-4-15(16)20)14-10-21-25(18(14)23-11)13-8-6-12(19)7-9-13/h2-10H,1H3,(H,22,23,24). The summed E-state index contributed by atoms with van der Waals surface area (Å²) in [5, 5.41) is 9.83. The number of benzene rings is 2. The Kier molecular flexibility index (Phi) is 4.03. The van der Waals surface area contributed by atoms with Gasteiger partial charge in [0, 0.05) is 5.02 Å². The quantitative estimate of drug-likeness (QED) is 0.540. The molecule has 0 amide bonds. The van der Waals surface area contributed by atoms with Crippen LogP contribution in [0.4, 0.5) is 11.5 Å². The zero-order valence-electron chi connectivity index (χ0n) is 13.2. The molecule has 2 heterocycles. The monoisotopic (exact) mass is 369 g/mol. The van der Waals surface area contributed by atoms with Crippen molar-refractivity contribution in [1.29, 1.82) is 0 Å². The highest BCUT2D eigenvalue weighted by Crippen LogP contribution is 2.29. The van der Waals surface area contributed by atoms with Gasteiger partial charge in [-0.05, 0) is 43.3 Å². The SMILES string of the molecule is Cc1nc(Nc2ccccc2Cl)c2cnn(-c3ccc(Cl)cc3)c2n1. The van der Waals surface area contributed by atoms with E-state index in [0.717, 1.165) is 16.8 Å². The zero-order chi connectivity index (χ0) is 17.4. The molecule has 0 unspecified atom stereocenters. The minimum atomic E-state index is 0.622. The van der Waals surface area contributed by atoms with Crippen LogP contribution in [0.15, 0.2) is 54.7 Å². The second-order valence-corrected chi connectivity index (χ2v) is 6.34. The number of halogens is 2. The summed E-state index contributed by atoms with van der Waals surface area (Å²) >= 11 is 12.2. The first-order valence-electron chi connectivity index (χ1n) is 7.62. The molecule has 0 aliphatic carbocycles. The summed E-state index contributed by atoms with van der Waals surface area (Å²) in [6.45, 7) is 1.84. The highest BCUT2D eigenvalue weighted by atomic mass is 35.5. The number of hydrogen-bond acceptors (Lipinski definition) is 4. The van der Waals surface area contributed by atoms with E-state index in [9.17, 15) is 0 Å². The van der Waals surface area contributed by atoms with Gasteiger partial charge in [0.2, 0.25) is 0 Å². The Bertz CT molecular complexity index is 1060. The number of anilines is 2. The highest BCUT2D eigenvalue weighted by Gasteiger charge is 2.13. The number of nitrogens with zero attached hydrogens (tertiary/aromatic N) is 4. The number of fused-ring (bicyclic) bond motifs is 1. The first-order chi connectivity index (χ1) is 12.1. The molecule has 124 valence electrons. The van der Waals surface area contributed by atoms with Crippen molar-refractivity contribution in [2.75, 3.05) is 5.32 Å². The molecule has 0 spiro atoms. The van der Waals surface area contributed by atoms with E-state index in [1.807, 2.05) is 55.5 Å². The highest BCUT2D eigenvalue weighted by molar-refractivity contribution is 6.33. The smallest absolute Gasteiger partial charge is 0.168 e. The van der Waals surface area contributed by atoms with Crippen molar-refractivity contribution in [1.82, 2.24) is 19.7 Å². The molecule has 0 saturated heterocycles. The number of aromatic nitrogens is 4. The van der Waals surface area contributed by atoms with Gasteiger partial charge >= 0.3 is 0 Å². The Balaban J connectivity index is 1.84. The van der Waals surface area contributed by atoms with Gasteiger partial charge < -0.3 is 5.32 Å². The molecule has 1 N–H and O–H groups in total. The fraction of sp³-hybridized carbons (Fsp3) is 0.0556. The molecule has 0 atom stereocenters. The molecular weight excluding hydrogens is 357 g/mol. The van der Waals surface area contributed by atoms with Crippen molar-refractivity contribution < 1.29 is 0 Å². The van der Waals surface area contributed by atoms with E-state index in [1.165, 1.54) is 0 Å². The number of nitrogens with one attached hydrogen (secondary N) is 1. The molecule has 7 heteroatoms. The van der Waals surface area contributed by atoms with Gasteiger partial charge in [-0.15, -0.1) is 0 Å². The normalized spacial score (nSPS) is 11.0. The van der Waals surface area contributed by atoms with Crippen LogP contribution in [0.5, 0.6) is 0 Å². The summed E-state index contributed by atoms with van der Waals surface area (Å²) in [6.07, 6.45) is 1.74. The maximum absolute atomic E-state index is 6.24. The fourth-order valence-corrected chi connectivity index (χ4v) is 2.88. The lowest BCUT2D eigenvalue weighted by molar-refractivity contribution is 0.890. The summed E-state index contributed by atoms with van der Waals surface area (Å²) in [5.41, 5.74) is 2.37. The molecule has 0 aliphatic heterocycles. The Labute approximate surface area is 154 Å². The van der Waals surface area contributed by atoms with Crippen molar-refractivity contribution in [3.05, 3.63) is 70.6 Å². The van der Waals surface area contributed by atoms with Gasteiger partial charge in [0.05, 0.1) is 28.0 Å². The number of hydrogen-bond donors (Lipinski definition) is 1. The van der Waals surface area contributed by atoms with Crippen LogP contribution in [-0.4, -0.2) is 19.7 Å². The van der Waals surface area contributed by atoms with Crippen LogP contribution in [-0.2, 0) is 0 Å². The van der Waals surface area contributed by atoms with E-state index in [4.69, 9.17) is 23.2 Å². The minimum absolute atomic E-state index is 0.622. The van der Waals surface area contributed by atoms with E-state index in [1.54, 1.807) is 10.9 Å². The van der Waals surface area contributed by atoms with E-state index < -0.39 is 0 Å². The van der Waals surface area contributed by atoms with Crippen LogP contribution in [0.2, 0.25) is 10.0 Å². The molecule has 0 bridgehead atoms. The molecule has 25 heavy (non-hydrogen) atoms. The van der Waals surface area contributed by atoms with Gasteiger partial charge in [-0.1, -0.05) is 35.3 Å². The van der Waals surface area contributed by atoms with Gasteiger partial charge in [-0.2, -0.15) is 5.10 Å². The first-order valence-corrected chi connectivity index (χ1v) is 8.37. The van der Waals surface area contributed by atoms with Crippen molar-refractivity contribution in [2.24, 2.45) is 0 Å². The summed E-state index contributed by atoms with van der Waals surface area (Å²) in [4.78, 5) is 9.05. The van der Waals surface area contributed by atoms with Gasteiger partial charge in [-0.3, -0.25) is 0 Å². The molecule has 4 aromatic rings.